The fourth-order valence-corrected chi connectivity index (χ4v) is 1.53. The second kappa shape index (κ2) is 5.34. The maximum atomic E-state index is 10.9. The molecule has 0 aliphatic heterocycles. The van der Waals surface area contributed by atoms with Crippen LogP contribution >= 0.6 is 0 Å². The number of hydrogen-bond donors (Lipinski definition) is 1. The van der Waals surface area contributed by atoms with Gasteiger partial charge in [-0.15, -0.1) is 0 Å². The number of rotatable bonds is 5. The molecule has 0 fully saturated rings. The van der Waals surface area contributed by atoms with E-state index in [0.29, 0.717) is 5.58 Å². The minimum absolute atomic E-state index is 0.123. The number of anilines is 1. The highest BCUT2D eigenvalue weighted by Crippen LogP contribution is 2.27. The molecular weight excluding hydrogens is 254 g/mol. The van der Waals surface area contributed by atoms with Crippen molar-refractivity contribution in [1.82, 2.24) is 4.98 Å². The number of carbonyl (C=O) groups is 1. The van der Waals surface area contributed by atoms with Crippen LogP contribution in [-0.2, 0) is 9.53 Å². The zero-order valence-electron chi connectivity index (χ0n) is 10.1. The number of methoxy groups -OCH3 is 1. The van der Waals surface area contributed by atoms with E-state index in [-0.39, 0.29) is 36.2 Å². The number of para-hydroxylation sites is 1. The van der Waals surface area contributed by atoms with Gasteiger partial charge in [-0.3, -0.25) is 14.9 Å². The highest BCUT2D eigenvalue weighted by molar-refractivity contribution is 5.84. The molecule has 1 N–H and O–H groups in total. The Morgan fingerprint density at radius 3 is 3.05 bits per heavy atom. The SMILES string of the molecule is COC(=O)CCNc1nc2c([N+](=O)[O-])cccc2o1. The summed E-state index contributed by atoms with van der Waals surface area (Å²) in [6, 6.07) is 4.58. The largest absolute Gasteiger partial charge is 0.469 e. The Hall–Kier alpha value is -2.64. The number of benzene rings is 1. The molecule has 0 saturated heterocycles. The molecule has 0 amide bonds. The molecule has 0 bridgehead atoms. The van der Waals surface area contributed by atoms with E-state index in [2.05, 4.69) is 15.0 Å². The van der Waals surface area contributed by atoms with Crippen molar-refractivity contribution in [2.75, 3.05) is 19.0 Å². The lowest BCUT2D eigenvalue weighted by molar-refractivity contribution is -0.383. The van der Waals surface area contributed by atoms with Gasteiger partial charge < -0.3 is 14.5 Å². The monoisotopic (exact) mass is 265 g/mol. The maximum Gasteiger partial charge on any atom is 0.307 e. The Labute approximate surface area is 107 Å². The molecule has 1 aromatic carbocycles. The predicted octanol–water partition coefficient (Wildman–Crippen LogP) is 1.71. The van der Waals surface area contributed by atoms with Crippen molar-refractivity contribution in [2.45, 2.75) is 6.42 Å². The minimum Gasteiger partial charge on any atom is -0.469 e. The van der Waals surface area contributed by atoms with Crippen LogP contribution in [0.15, 0.2) is 22.6 Å². The Kier molecular flexibility index (Phi) is 3.60. The van der Waals surface area contributed by atoms with Crippen molar-refractivity contribution in [3.05, 3.63) is 28.3 Å². The number of hydrogen-bond acceptors (Lipinski definition) is 7. The zero-order chi connectivity index (χ0) is 13.8. The standard InChI is InChI=1S/C11H11N3O5/c1-18-9(15)5-6-12-11-13-10-7(14(16)17)3-2-4-8(10)19-11/h2-4H,5-6H2,1H3,(H,12,13). The first-order valence-corrected chi connectivity index (χ1v) is 5.46. The Bertz CT molecular complexity index is 622. The molecule has 0 unspecified atom stereocenters. The van der Waals surface area contributed by atoms with Gasteiger partial charge in [0.05, 0.1) is 18.5 Å². The average molecular weight is 265 g/mol. The molecule has 0 atom stereocenters. The summed E-state index contributed by atoms with van der Waals surface area (Å²) in [6.45, 7) is 0.271. The van der Waals surface area contributed by atoms with Crippen LogP contribution in [0.2, 0.25) is 0 Å². The molecule has 0 radical (unpaired) electrons. The molecule has 8 heteroatoms. The summed E-state index contributed by atoms with van der Waals surface area (Å²) in [6.07, 6.45) is 0.150. The highest BCUT2D eigenvalue weighted by atomic mass is 16.6. The number of nitro groups is 1. The van der Waals surface area contributed by atoms with E-state index in [4.69, 9.17) is 4.42 Å². The van der Waals surface area contributed by atoms with E-state index >= 15 is 0 Å². The van der Waals surface area contributed by atoms with Crippen molar-refractivity contribution in [3.8, 4) is 0 Å². The highest BCUT2D eigenvalue weighted by Gasteiger charge is 2.17. The minimum atomic E-state index is -0.525. The molecule has 0 aliphatic rings. The lowest BCUT2D eigenvalue weighted by atomic mass is 10.3. The lowest BCUT2D eigenvalue weighted by Crippen LogP contribution is -2.09. The number of non-ortho nitro benzene ring substituents is 1. The van der Waals surface area contributed by atoms with Gasteiger partial charge in [0, 0.05) is 12.6 Å². The number of fused-ring (bicyclic) bond motifs is 1. The van der Waals surface area contributed by atoms with Gasteiger partial charge in [-0.05, 0) is 6.07 Å². The van der Waals surface area contributed by atoms with Crippen LogP contribution in [0.25, 0.3) is 11.1 Å². The van der Waals surface area contributed by atoms with E-state index in [1.54, 1.807) is 6.07 Å². The van der Waals surface area contributed by atoms with Gasteiger partial charge in [-0.2, -0.15) is 4.98 Å². The zero-order valence-corrected chi connectivity index (χ0v) is 10.1. The van der Waals surface area contributed by atoms with Crippen LogP contribution in [0.1, 0.15) is 6.42 Å². The normalized spacial score (nSPS) is 10.4. The molecular formula is C11H11N3O5. The summed E-state index contributed by atoms with van der Waals surface area (Å²) in [5, 5.41) is 13.6. The number of carbonyl (C=O) groups excluding carboxylic acids is 1. The Morgan fingerprint density at radius 2 is 2.37 bits per heavy atom. The van der Waals surface area contributed by atoms with Gasteiger partial charge >= 0.3 is 5.97 Å². The molecule has 1 heterocycles. The first-order chi connectivity index (χ1) is 9.11. The number of nitrogens with zero attached hydrogens (tertiary/aromatic N) is 2. The number of nitrogens with one attached hydrogen (secondary N) is 1. The van der Waals surface area contributed by atoms with Gasteiger partial charge in [-0.1, -0.05) is 6.07 Å². The third-order valence-electron chi connectivity index (χ3n) is 2.43. The number of aromatic nitrogens is 1. The van der Waals surface area contributed by atoms with Crippen LogP contribution in [0.5, 0.6) is 0 Å². The van der Waals surface area contributed by atoms with Crippen LogP contribution in [0.3, 0.4) is 0 Å². The van der Waals surface area contributed by atoms with Gasteiger partial charge in [0.25, 0.3) is 11.7 Å². The van der Waals surface area contributed by atoms with Crippen molar-refractivity contribution >= 4 is 28.8 Å². The molecule has 8 nitrogen and oxygen atoms in total. The number of ether oxygens (including phenoxy) is 1. The molecule has 2 rings (SSSR count). The van der Waals surface area contributed by atoms with Crippen LogP contribution in [0.4, 0.5) is 11.7 Å². The first kappa shape index (κ1) is 12.8. The van der Waals surface area contributed by atoms with E-state index in [1.807, 2.05) is 0 Å². The van der Waals surface area contributed by atoms with Crippen molar-refractivity contribution in [1.29, 1.82) is 0 Å². The summed E-state index contributed by atoms with van der Waals surface area (Å²) in [7, 11) is 1.30. The first-order valence-electron chi connectivity index (χ1n) is 5.46. The van der Waals surface area contributed by atoms with E-state index in [9.17, 15) is 14.9 Å². The quantitative estimate of drug-likeness (QED) is 0.498. The summed E-state index contributed by atoms with van der Waals surface area (Å²) >= 11 is 0. The molecule has 19 heavy (non-hydrogen) atoms. The van der Waals surface area contributed by atoms with Crippen LogP contribution in [0, 0.1) is 10.1 Å². The maximum absolute atomic E-state index is 10.9. The van der Waals surface area contributed by atoms with Gasteiger partial charge in [-0.25, -0.2) is 0 Å². The molecule has 0 spiro atoms. The average Bonchev–Trinajstić information content (AvgIpc) is 2.80. The predicted molar refractivity (Wildman–Crippen MR) is 65.8 cm³/mol. The summed E-state index contributed by atoms with van der Waals surface area (Å²) in [4.78, 5) is 25.2. The summed E-state index contributed by atoms with van der Waals surface area (Å²) in [5.41, 5.74) is 0.366. The lowest BCUT2D eigenvalue weighted by Gasteiger charge is -1.99. The number of esters is 1. The third-order valence-corrected chi connectivity index (χ3v) is 2.43. The third kappa shape index (κ3) is 2.79. The van der Waals surface area contributed by atoms with E-state index in [0.717, 1.165) is 0 Å². The Morgan fingerprint density at radius 1 is 1.58 bits per heavy atom. The fourth-order valence-electron chi connectivity index (χ4n) is 1.53. The summed E-state index contributed by atoms with van der Waals surface area (Å²) in [5.74, 6) is -0.366. The molecule has 0 aliphatic carbocycles. The topological polar surface area (TPSA) is 108 Å². The van der Waals surface area contributed by atoms with Gasteiger partial charge in [0.15, 0.2) is 11.1 Å². The number of oxazole rings is 1. The van der Waals surface area contributed by atoms with E-state index < -0.39 is 4.92 Å². The molecule has 2 aromatic rings. The van der Waals surface area contributed by atoms with Gasteiger partial charge in [0.1, 0.15) is 0 Å². The fraction of sp³-hybridized carbons (Fsp3) is 0.273. The smallest absolute Gasteiger partial charge is 0.307 e. The van der Waals surface area contributed by atoms with Gasteiger partial charge in [0.2, 0.25) is 0 Å². The van der Waals surface area contributed by atoms with Crippen molar-refractivity contribution in [2.24, 2.45) is 0 Å². The number of nitro benzene ring substituents is 1. The molecule has 1 aromatic heterocycles. The van der Waals surface area contributed by atoms with Crippen molar-refractivity contribution in [3.63, 3.8) is 0 Å². The Balaban J connectivity index is 2.15. The van der Waals surface area contributed by atoms with Crippen molar-refractivity contribution < 1.29 is 18.9 Å². The van der Waals surface area contributed by atoms with Crippen LogP contribution < -0.4 is 5.32 Å². The molecule has 0 saturated carbocycles. The second-order valence-corrected chi connectivity index (χ2v) is 3.65. The second-order valence-electron chi connectivity index (χ2n) is 3.65. The van der Waals surface area contributed by atoms with E-state index in [1.165, 1.54) is 19.2 Å². The molecule has 100 valence electrons. The summed E-state index contributed by atoms with van der Waals surface area (Å²) < 4.78 is 9.77. The van der Waals surface area contributed by atoms with Crippen LogP contribution in [-0.4, -0.2) is 29.5 Å².